The lowest BCUT2D eigenvalue weighted by atomic mass is 10.1. The summed E-state index contributed by atoms with van der Waals surface area (Å²) < 4.78 is 16.3. The van der Waals surface area contributed by atoms with Crippen LogP contribution in [-0.2, 0) is 21.0 Å². The number of urea groups is 1. The van der Waals surface area contributed by atoms with Gasteiger partial charge in [-0.3, -0.25) is 19.7 Å². The van der Waals surface area contributed by atoms with Crippen molar-refractivity contribution >= 4 is 47.1 Å². The van der Waals surface area contributed by atoms with E-state index in [1.807, 2.05) is 30.3 Å². The van der Waals surface area contributed by atoms with Gasteiger partial charge in [-0.05, 0) is 53.6 Å². The zero-order valence-corrected chi connectivity index (χ0v) is 20.9. The molecule has 0 unspecified atom stereocenters. The Morgan fingerprint density at radius 2 is 1.74 bits per heavy atom. The van der Waals surface area contributed by atoms with Crippen LogP contribution in [0.3, 0.4) is 0 Å². The maximum Gasteiger partial charge on any atom is 0.335 e. The number of halogens is 1. The molecule has 0 saturated carbocycles. The highest BCUT2D eigenvalue weighted by Gasteiger charge is 2.37. The van der Waals surface area contributed by atoms with E-state index < -0.39 is 30.4 Å². The van der Waals surface area contributed by atoms with Gasteiger partial charge in [0.15, 0.2) is 18.1 Å². The third kappa shape index (κ3) is 5.93. The van der Waals surface area contributed by atoms with E-state index in [9.17, 15) is 19.2 Å². The van der Waals surface area contributed by atoms with Gasteiger partial charge in [-0.1, -0.05) is 41.9 Å². The number of nitrogens with zero attached hydrogens (tertiary/aromatic N) is 1. The van der Waals surface area contributed by atoms with Crippen LogP contribution in [0.2, 0.25) is 5.02 Å². The van der Waals surface area contributed by atoms with Crippen molar-refractivity contribution < 1.29 is 33.4 Å². The summed E-state index contributed by atoms with van der Waals surface area (Å²) in [6, 6.07) is 17.9. The molecule has 3 aromatic carbocycles. The number of nitrogens with one attached hydrogen (secondary N) is 1. The van der Waals surface area contributed by atoms with E-state index in [0.29, 0.717) is 17.9 Å². The van der Waals surface area contributed by atoms with E-state index in [-0.39, 0.29) is 27.8 Å². The molecule has 5 amide bonds. The maximum atomic E-state index is 13.2. The second kappa shape index (κ2) is 11.5. The number of rotatable bonds is 9. The molecule has 1 aliphatic heterocycles. The molecule has 10 nitrogen and oxygen atoms in total. The average molecular weight is 536 g/mol. The third-order valence-electron chi connectivity index (χ3n) is 5.37. The Bertz CT molecular complexity index is 1420. The molecule has 0 radical (unpaired) electrons. The topological polar surface area (TPSA) is 137 Å². The molecule has 0 spiro atoms. The van der Waals surface area contributed by atoms with Crippen molar-refractivity contribution in [1.29, 1.82) is 0 Å². The minimum Gasteiger partial charge on any atom is -0.493 e. The lowest BCUT2D eigenvalue weighted by Gasteiger charge is -2.26. The number of hydrogen-bond donors (Lipinski definition) is 2. The van der Waals surface area contributed by atoms with E-state index in [1.54, 1.807) is 12.1 Å². The Labute approximate surface area is 222 Å². The Hall–Kier alpha value is -4.83. The molecule has 0 bridgehead atoms. The summed E-state index contributed by atoms with van der Waals surface area (Å²) in [7, 11) is 1.35. The van der Waals surface area contributed by atoms with E-state index >= 15 is 0 Å². The molecule has 1 aliphatic rings. The summed E-state index contributed by atoms with van der Waals surface area (Å²) in [6.07, 6.45) is 1.26. The van der Waals surface area contributed by atoms with Crippen LogP contribution < -0.4 is 30.2 Å². The fourth-order valence-electron chi connectivity index (χ4n) is 3.60. The zero-order chi connectivity index (χ0) is 27.2. The molecular formula is C27H22ClN3O7. The smallest absolute Gasteiger partial charge is 0.335 e. The predicted octanol–water partition coefficient (Wildman–Crippen LogP) is 3.46. The van der Waals surface area contributed by atoms with E-state index in [4.69, 9.17) is 31.5 Å². The third-order valence-corrected chi connectivity index (χ3v) is 5.65. The minimum absolute atomic E-state index is 0.0557. The summed E-state index contributed by atoms with van der Waals surface area (Å²) in [4.78, 5) is 50.2. The molecular weight excluding hydrogens is 514 g/mol. The molecule has 0 atom stereocenters. The molecule has 4 rings (SSSR count). The first-order valence-corrected chi connectivity index (χ1v) is 11.6. The van der Waals surface area contributed by atoms with Crippen LogP contribution in [-0.4, -0.2) is 37.5 Å². The van der Waals surface area contributed by atoms with Crippen LogP contribution in [0.5, 0.6) is 17.2 Å². The number of carbonyl (C=O) groups is 4. The Morgan fingerprint density at radius 3 is 2.39 bits per heavy atom. The lowest BCUT2D eigenvalue weighted by Crippen LogP contribution is -2.54. The molecule has 1 fully saturated rings. The average Bonchev–Trinajstić information content (AvgIpc) is 2.90. The standard InChI is InChI=1S/C27H22ClN3O7/c1-36-22-13-17(12-21(28)24(22)38-15-23(29)32)11-20-25(33)30-27(35)31(26(20)34)18-7-9-19(10-8-18)37-14-16-5-3-2-4-6-16/h2-13H,14-15H2,1H3,(H2,29,32)(H,30,33,35)/b20-11+. The van der Waals surface area contributed by atoms with Gasteiger partial charge in [0.05, 0.1) is 17.8 Å². The van der Waals surface area contributed by atoms with Crippen LogP contribution in [0.4, 0.5) is 10.5 Å². The highest BCUT2D eigenvalue weighted by Crippen LogP contribution is 2.37. The summed E-state index contributed by atoms with van der Waals surface area (Å²) >= 11 is 6.27. The van der Waals surface area contributed by atoms with E-state index in [2.05, 4.69) is 5.32 Å². The number of imide groups is 2. The number of methoxy groups -OCH3 is 1. The molecule has 0 aromatic heterocycles. The van der Waals surface area contributed by atoms with Crippen molar-refractivity contribution in [3.8, 4) is 17.2 Å². The first-order chi connectivity index (χ1) is 18.3. The maximum absolute atomic E-state index is 13.2. The number of carbonyl (C=O) groups excluding carboxylic acids is 4. The van der Waals surface area contributed by atoms with Crippen molar-refractivity contribution in [3.63, 3.8) is 0 Å². The lowest BCUT2D eigenvalue weighted by molar-refractivity contribution is -0.123. The molecule has 1 saturated heterocycles. The number of hydrogen-bond acceptors (Lipinski definition) is 7. The summed E-state index contributed by atoms with van der Waals surface area (Å²) in [6.45, 7) is -0.0757. The van der Waals surface area contributed by atoms with Gasteiger partial charge in [-0.2, -0.15) is 0 Å². The highest BCUT2D eigenvalue weighted by atomic mass is 35.5. The van der Waals surface area contributed by atoms with Crippen molar-refractivity contribution in [1.82, 2.24) is 5.32 Å². The fraction of sp³-hybridized carbons (Fsp3) is 0.111. The molecule has 38 heavy (non-hydrogen) atoms. The van der Waals surface area contributed by atoms with Gasteiger partial charge < -0.3 is 19.9 Å². The number of benzene rings is 3. The first kappa shape index (κ1) is 26.2. The van der Waals surface area contributed by atoms with Crippen molar-refractivity contribution in [2.45, 2.75) is 6.61 Å². The quantitative estimate of drug-likeness (QED) is 0.316. The molecule has 1 heterocycles. The highest BCUT2D eigenvalue weighted by molar-refractivity contribution is 6.39. The molecule has 11 heteroatoms. The largest absolute Gasteiger partial charge is 0.493 e. The van der Waals surface area contributed by atoms with Gasteiger partial charge in [0.25, 0.3) is 17.7 Å². The Balaban J connectivity index is 1.56. The first-order valence-electron chi connectivity index (χ1n) is 11.2. The van der Waals surface area contributed by atoms with Crippen molar-refractivity contribution in [2.24, 2.45) is 5.73 Å². The number of amides is 5. The Kier molecular flexibility index (Phi) is 7.93. The molecule has 3 aromatic rings. The normalized spacial score (nSPS) is 14.3. The number of anilines is 1. The molecule has 0 aliphatic carbocycles. The number of barbiturate groups is 1. The summed E-state index contributed by atoms with van der Waals surface area (Å²) in [5, 5.41) is 2.22. The fourth-order valence-corrected chi connectivity index (χ4v) is 3.87. The van der Waals surface area contributed by atoms with Crippen molar-refractivity contribution in [3.05, 3.63) is 88.5 Å². The van der Waals surface area contributed by atoms with Gasteiger partial charge in [0.1, 0.15) is 17.9 Å². The van der Waals surface area contributed by atoms with Crippen LogP contribution >= 0.6 is 11.6 Å². The SMILES string of the molecule is COc1cc(/C=C2\C(=O)NC(=O)N(c3ccc(OCc4ccccc4)cc3)C2=O)cc(Cl)c1OCC(N)=O. The van der Waals surface area contributed by atoms with E-state index in [0.717, 1.165) is 10.5 Å². The zero-order valence-electron chi connectivity index (χ0n) is 20.1. The molecule has 194 valence electrons. The minimum atomic E-state index is -0.888. The molecule has 3 N–H and O–H groups in total. The Morgan fingerprint density at radius 1 is 1.03 bits per heavy atom. The summed E-state index contributed by atoms with van der Waals surface area (Å²) in [5.74, 6) is -1.66. The van der Waals surface area contributed by atoms with Crippen molar-refractivity contribution in [2.75, 3.05) is 18.6 Å². The van der Waals surface area contributed by atoms with Crippen LogP contribution in [0, 0.1) is 0 Å². The predicted molar refractivity (Wildman–Crippen MR) is 139 cm³/mol. The van der Waals surface area contributed by atoms with Gasteiger partial charge in [0, 0.05) is 0 Å². The summed E-state index contributed by atoms with van der Waals surface area (Å²) in [5.41, 5.74) is 6.34. The number of ether oxygens (including phenoxy) is 3. The van der Waals surface area contributed by atoms with Gasteiger partial charge in [-0.15, -0.1) is 0 Å². The second-order valence-electron chi connectivity index (χ2n) is 8.02. The second-order valence-corrected chi connectivity index (χ2v) is 8.42. The van der Waals surface area contributed by atoms with Gasteiger partial charge >= 0.3 is 6.03 Å². The van der Waals surface area contributed by atoms with Gasteiger partial charge in [0.2, 0.25) is 0 Å². The van der Waals surface area contributed by atoms with E-state index in [1.165, 1.54) is 37.5 Å². The van der Waals surface area contributed by atoms with Crippen LogP contribution in [0.25, 0.3) is 6.08 Å². The monoisotopic (exact) mass is 535 g/mol. The number of primary amides is 1. The van der Waals surface area contributed by atoms with Crippen LogP contribution in [0.1, 0.15) is 11.1 Å². The van der Waals surface area contributed by atoms with Gasteiger partial charge in [-0.25, -0.2) is 9.69 Å². The number of nitrogens with two attached hydrogens (primary N) is 1. The van der Waals surface area contributed by atoms with Crippen LogP contribution in [0.15, 0.2) is 72.3 Å².